The van der Waals surface area contributed by atoms with Gasteiger partial charge in [0.05, 0.1) is 12.7 Å². The highest BCUT2D eigenvalue weighted by molar-refractivity contribution is 8.93. The van der Waals surface area contributed by atoms with Crippen LogP contribution in [-0.4, -0.2) is 38.7 Å². The van der Waals surface area contributed by atoms with E-state index in [4.69, 9.17) is 0 Å². The van der Waals surface area contributed by atoms with Gasteiger partial charge in [0.1, 0.15) is 17.7 Å². The van der Waals surface area contributed by atoms with Crippen molar-refractivity contribution in [2.24, 2.45) is 5.92 Å². The van der Waals surface area contributed by atoms with Gasteiger partial charge < -0.3 is 10.6 Å². The maximum atomic E-state index is 13.2. The SMILES string of the molecule is Br.Br.C[C@H]1CNCC[C@H]1Nc1nc2cncnc2n1Cc1ccc(F)cc1. The summed E-state index contributed by atoms with van der Waals surface area (Å²) in [6, 6.07) is 6.90. The molecule has 1 aromatic carbocycles. The first-order chi connectivity index (χ1) is 12.2. The Bertz CT molecular complexity index is 870. The number of hydrogen-bond donors (Lipinski definition) is 2. The molecule has 9 heteroatoms. The molecule has 0 bridgehead atoms. The molecule has 1 saturated heterocycles. The van der Waals surface area contributed by atoms with Crippen LogP contribution in [0.15, 0.2) is 36.8 Å². The zero-order valence-corrected chi connectivity index (χ0v) is 18.4. The van der Waals surface area contributed by atoms with E-state index in [2.05, 4.69) is 32.5 Å². The molecule has 0 spiro atoms. The van der Waals surface area contributed by atoms with E-state index in [0.29, 0.717) is 18.5 Å². The molecule has 0 aliphatic carbocycles. The summed E-state index contributed by atoms with van der Waals surface area (Å²) in [4.78, 5) is 13.2. The first-order valence-corrected chi connectivity index (χ1v) is 8.58. The highest BCUT2D eigenvalue weighted by Gasteiger charge is 2.23. The van der Waals surface area contributed by atoms with E-state index in [-0.39, 0.29) is 39.8 Å². The molecule has 27 heavy (non-hydrogen) atoms. The average Bonchev–Trinajstić information content (AvgIpc) is 2.96. The second-order valence-electron chi connectivity index (χ2n) is 6.60. The molecular weight excluding hydrogens is 479 g/mol. The van der Waals surface area contributed by atoms with Crippen molar-refractivity contribution >= 4 is 51.1 Å². The van der Waals surface area contributed by atoms with Crippen LogP contribution in [0, 0.1) is 11.7 Å². The molecule has 2 atom stereocenters. The smallest absolute Gasteiger partial charge is 0.205 e. The Hall–Kier alpha value is -1.58. The number of halogens is 3. The van der Waals surface area contributed by atoms with Gasteiger partial charge in [0.2, 0.25) is 5.95 Å². The Kier molecular flexibility index (Phi) is 7.69. The van der Waals surface area contributed by atoms with Crippen LogP contribution in [0.2, 0.25) is 0 Å². The standard InChI is InChI=1S/C18H21FN6.2BrH/c1-12-8-20-7-6-15(12)23-18-24-16-9-21-11-22-17(16)25(18)10-13-2-4-14(19)5-3-13;;/h2-5,9,11-12,15,20H,6-8,10H2,1H3,(H,23,24);2*1H/t12-,15+;;/m0../s1. The van der Waals surface area contributed by atoms with Crippen molar-refractivity contribution in [1.82, 2.24) is 24.8 Å². The fourth-order valence-corrected chi connectivity index (χ4v) is 3.30. The molecule has 0 radical (unpaired) electrons. The number of hydrogen-bond acceptors (Lipinski definition) is 5. The molecule has 6 nitrogen and oxygen atoms in total. The highest BCUT2D eigenvalue weighted by Crippen LogP contribution is 2.22. The minimum atomic E-state index is -0.233. The summed E-state index contributed by atoms with van der Waals surface area (Å²) in [7, 11) is 0. The molecule has 0 unspecified atom stereocenters. The molecule has 146 valence electrons. The van der Waals surface area contributed by atoms with Crippen LogP contribution >= 0.6 is 34.0 Å². The normalized spacial score (nSPS) is 19.2. The molecule has 1 aliphatic heterocycles. The van der Waals surface area contributed by atoms with E-state index in [1.165, 1.54) is 18.5 Å². The van der Waals surface area contributed by atoms with E-state index >= 15 is 0 Å². The molecule has 2 N–H and O–H groups in total. The maximum absolute atomic E-state index is 13.2. The number of piperidine rings is 1. The predicted octanol–water partition coefficient (Wildman–Crippen LogP) is 3.58. The number of fused-ring (bicyclic) bond motifs is 1. The third kappa shape index (κ3) is 4.83. The number of benzene rings is 1. The van der Waals surface area contributed by atoms with Gasteiger partial charge in [-0.3, -0.25) is 4.57 Å². The van der Waals surface area contributed by atoms with Crippen LogP contribution in [0.5, 0.6) is 0 Å². The molecule has 0 amide bonds. The minimum absolute atomic E-state index is 0. The molecule has 0 saturated carbocycles. The van der Waals surface area contributed by atoms with Gasteiger partial charge in [0.15, 0.2) is 5.65 Å². The van der Waals surface area contributed by atoms with Crippen molar-refractivity contribution in [2.75, 3.05) is 18.4 Å². The number of aromatic nitrogens is 4. The second kappa shape index (κ2) is 9.57. The lowest BCUT2D eigenvalue weighted by molar-refractivity contribution is 0.366. The second-order valence-corrected chi connectivity index (χ2v) is 6.60. The summed E-state index contributed by atoms with van der Waals surface area (Å²) in [6.07, 6.45) is 4.30. The van der Waals surface area contributed by atoms with Gasteiger partial charge in [0, 0.05) is 6.04 Å². The summed E-state index contributed by atoms with van der Waals surface area (Å²) in [5.41, 5.74) is 2.54. The van der Waals surface area contributed by atoms with Crippen molar-refractivity contribution in [2.45, 2.75) is 25.9 Å². The van der Waals surface area contributed by atoms with Crippen molar-refractivity contribution in [3.8, 4) is 0 Å². The van der Waals surface area contributed by atoms with Crippen LogP contribution in [0.3, 0.4) is 0 Å². The van der Waals surface area contributed by atoms with Crippen molar-refractivity contribution in [3.63, 3.8) is 0 Å². The Morgan fingerprint density at radius 1 is 1.26 bits per heavy atom. The van der Waals surface area contributed by atoms with Crippen LogP contribution < -0.4 is 10.6 Å². The van der Waals surface area contributed by atoms with Gasteiger partial charge in [0.25, 0.3) is 0 Å². The Morgan fingerprint density at radius 2 is 2.04 bits per heavy atom. The van der Waals surface area contributed by atoms with Crippen molar-refractivity contribution < 1.29 is 4.39 Å². The van der Waals surface area contributed by atoms with E-state index < -0.39 is 0 Å². The van der Waals surface area contributed by atoms with Crippen molar-refractivity contribution in [1.29, 1.82) is 0 Å². The van der Waals surface area contributed by atoms with Gasteiger partial charge in [-0.25, -0.2) is 19.3 Å². The summed E-state index contributed by atoms with van der Waals surface area (Å²) in [6.45, 7) is 4.81. The average molecular weight is 502 g/mol. The fraction of sp³-hybridized carbons (Fsp3) is 0.389. The van der Waals surface area contributed by atoms with Gasteiger partial charge in [-0.05, 0) is 43.1 Å². The topological polar surface area (TPSA) is 67.7 Å². The third-order valence-electron chi connectivity index (χ3n) is 4.76. The number of nitrogens with one attached hydrogen (secondary N) is 2. The number of rotatable bonds is 4. The zero-order valence-electron chi connectivity index (χ0n) is 14.9. The Morgan fingerprint density at radius 3 is 2.78 bits per heavy atom. The van der Waals surface area contributed by atoms with Gasteiger partial charge in [-0.1, -0.05) is 19.1 Å². The molecule has 3 aromatic rings. The van der Waals surface area contributed by atoms with E-state index in [9.17, 15) is 4.39 Å². The zero-order chi connectivity index (χ0) is 17.2. The fourth-order valence-electron chi connectivity index (χ4n) is 3.30. The number of anilines is 1. The van der Waals surface area contributed by atoms with E-state index in [1.54, 1.807) is 18.3 Å². The summed E-state index contributed by atoms with van der Waals surface area (Å²) in [5, 5.41) is 7.00. The molecule has 3 heterocycles. The van der Waals surface area contributed by atoms with E-state index in [1.807, 2.05) is 4.57 Å². The van der Waals surface area contributed by atoms with Crippen LogP contribution in [0.25, 0.3) is 11.2 Å². The number of imidazole rings is 1. The largest absolute Gasteiger partial charge is 0.352 e. The summed E-state index contributed by atoms with van der Waals surface area (Å²) < 4.78 is 15.2. The molecule has 1 fully saturated rings. The van der Waals surface area contributed by atoms with Gasteiger partial charge in [-0.2, -0.15) is 0 Å². The van der Waals surface area contributed by atoms with Crippen LogP contribution in [-0.2, 0) is 6.54 Å². The van der Waals surface area contributed by atoms with E-state index in [0.717, 1.165) is 42.2 Å². The lowest BCUT2D eigenvalue weighted by Gasteiger charge is -2.30. The van der Waals surface area contributed by atoms with Crippen molar-refractivity contribution in [3.05, 3.63) is 48.2 Å². The van der Waals surface area contributed by atoms with Gasteiger partial charge >= 0.3 is 0 Å². The molecule has 4 rings (SSSR count). The molecular formula is C18H23Br2FN6. The lowest BCUT2D eigenvalue weighted by Crippen LogP contribution is -2.42. The Balaban J connectivity index is 0.00000131. The molecule has 1 aliphatic rings. The third-order valence-corrected chi connectivity index (χ3v) is 4.76. The minimum Gasteiger partial charge on any atom is -0.352 e. The first kappa shape index (κ1) is 21.7. The first-order valence-electron chi connectivity index (χ1n) is 8.58. The van der Waals surface area contributed by atoms with Crippen LogP contribution in [0.1, 0.15) is 18.9 Å². The van der Waals surface area contributed by atoms with Crippen LogP contribution in [0.4, 0.5) is 10.3 Å². The quantitative estimate of drug-likeness (QED) is 0.572. The Labute approximate surface area is 178 Å². The summed E-state index contributed by atoms with van der Waals surface area (Å²) >= 11 is 0. The highest BCUT2D eigenvalue weighted by atomic mass is 79.9. The monoisotopic (exact) mass is 500 g/mol. The lowest BCUT2D eigenvalue weighted by atomic mass is 9.95. The molecule has 2 aromatic heterocycles. The van der Waals surface area contributed by atoms with Gasteiger partial charge in [-0.15, -0.1) is 34.0 Å². The summed E-state index contributed by atoms with van der Waals surface area (Å²) in [5.74, 6) is 1.07. The maximum Gasteiger partial charge on any atom is 0.205 e. The predicted molar refractivity (Wildman–Crippen MR) is 116 cm³/mol. The number of nitrogens with zero attached hydrogens (tertiary/aromatic N) is 4.